The summed E-state index contributed by atoms with van der Waals surface area (Å²) < 4.78 is 3.11. The number of nitrogens with zero attached hydrogens (tertiary/aromatic N) is 2. The van der Waals surface area contributed by atoms with Gasteiger partial charge in [0.15, 0.2) is 0 Å². The molecule has 0 saturated carbocycles. The summed E-state index contributed by atoms with van der Waals surface area (Å²) in [4.78, 5) is 4.24. The van der Waals surface area contributed by atoms with Gasteiger partial charge in [0.1, 0.15) is 10.4 Å². The first-order valence-electron chi connectivity index (χ1n) is 3.93. The van der Waals surface area contributed by atoms with Crippen LogP contribution in [0.3, 0.4) is 0 Å². The highest BCUT2D eigenvalue weighted by Crippen LogP contribution is 2.09. The molecule has 0 aliphatic carbocycles. The molecular formula is C8H13BrN2. The second-order valence-corrected chi connectivity index (χ2v) is 3.47. The van der Waals surface area contributed by atoms with Crippen LogP contribution in [0.1, 0.15) is 25.6 Å². The maximum atomic E-state index is 4.24. The molecule has 0 fully saturated rings. The minimum absolute atomic E-state index is 0.936. The van der Waals surface area contributed by atoms with E-state index >= 15 is 0 Å². The molecule has 1 aromatic heterocycles. The average molecular weight is 217 g/mol. The van der Waals surface area contributed by atoms with E-state index in [1.165, 1.54) is 12.8 Å². The van der Waals surface area contributed by atoms with Crippen molar-refractivity contribution in [2.75, 3.05) is 0 Å². The molecule has 0 spiro atoms. The van der Waals surface area contributed by atoms with Crippen molar-refractivity contribution in [3.05, 3.63) is 16.6 Å². The van der Waals surface area contributed by atoms with Crippen LogP contribution in [0.15, 0.2) is 10.8 Å². The maximum absolute atomic E-state index is 4.24. The molecular weight excluding hydrogens is 204 g/mol. The quantitative estimate of drug-likeness (QED) is 0.761. The number of hydrogen-bond acceptors (Lipinski definition) is 1. The van der Waals surface area contributed by atoms with Crippen LogP contribution in [-0.2, 0) is 6.54 Å². The number of imidazole rings is 1. The number of hydrogen-bond donors (Lipinski definition) is 0. The van der Waals surface area contributed by atoms with Gasteiger partial charge < -0.3 is 4.57 Å². The highest BCUT2D eigenvalue weighted by molar-refractivity contribution is 9.10. The predicted molar refractivity (Wildman–Crippen MR) is 49.6 cm³/mol. The molecule has 0 unspecified atom stereocenters. The molecule has 0 radical (unpaired) electrons. The third kappa shape index (κ3) is 2.33. The molecule has 1 rings (SSSR count). The zero-order valence-electron chi connectivity index (χ0n) is 6.97. The van der Waals surface area contributed by atoms with Gasteiger partial charge in [-0.2, -0.15) is 0 Å². The van der Waals surface area contributed by atoms with Crippen molar-refractivity contribution < 1.29 is 0 Å². The van der Waals surface area contributed by atoms with Crippen LogP contribution in [0, 0.1) is 6.92 Å². The zero-order chi connectivity index (χ0) is 8.27. The second-order valence-electron chi connectivity index (χ2n) is 2.66. The summed E-state index contributed by atoms with van der Waals surface area (Å²) in [5.41, 5.74) is 0. The van der Waals surface area contributed by atoms with E-state index in [0.29, 0.717) is 0 Å². The number of rotatable bonds is 3. The van der Waals surface area contributed by atoms with Gasteiger partial charge in [-0.3, -0.25) is 0 Å². The Kier molecular flexibility index (Phi) is 3.12. The van der Waals surface area contributed by atoms with Gasteiger partial charge in [-0.15, -0.1) is 0 Å². The molecule has 3 heteroatoms. The van der Waals surface area contributed by atoms with E-state index in [-0.39, 0.29) is 0 Å². The predicted octanol–water partition coefficient (Wildman–Crippen LogP) is 2.75. The Morgan fingerprint density at radius 3 is 2.82 bits per heavy atom. The summed E-state index contributed by atoms with van der Waals surface area (Å²) in [5, 5.41) is 0. The van der Waals surface area contributed by atoms with E-state index in [4.69, 9.17) is 0 Å². The van der Waals surface area contributed by atoms with Crippen molar-refractivity contribution in [1.82, 2.24) is 9.55 Å². The molecule has 2 nitrogen and oxygen atoms in total. The molecule has 0 aliphatic heterocycles. The van der Waals surface area contributed by atoms with Gasteiger partial charge in [-0.1, -0.05) is 13.3 Å². The van der Waals surface area contributed by atoms with Crippen molar-refractivity contribution >= 4 is 15.9 Å². The van der Waals surface area contributed by atoms with Gasteiger partial charge in [0.25, 0.3) is 0 Å². The van der Waals surface area contributed by atoms with Crippen LogP contribution in [-0.4, -0.2) is 9.55 Å². The summed E-state index contributed by atoms with van der Waals surface area (Å²) in [5.74, 6) is 1.09. The lowest BCUT2D eigenvalue weighted by Crippen LogP contribution is -1.97. The number of aryl methyl sites for hydroxylation is 2. The summed E-state index contributed by atoms with van der Waals surface area (Å²) >= 11 is 3.34. The Bertz CT molecular complexity index is 230. The topological polar surface area (TPSA) is 17.8 Å². The van der Waals surface area contributed by atoms with Gasteiger partial charge in [-0.05, 0) is 29.3 Å². The minimum atomic E-state index is 0.936. The van der Waals surface area contributed by atoms with Crippen molar-refractivity contribution in [3.8, 4) is 0 Å². The molecule has 11 heavy (non-hydrogen) atoms. The fourth-order valence-electron chi connectivity index (χ4n) is 1.02. The van der Waals surface area contributed by atoms with E-state index in [1.54, 1.807) is 0 Å². The molecule has 0 bridgehead atoms. The number of halogens is 1. The molecule has 0 aliphatic rings. The van der Waals surface area contributed by atoms with Gasteiger partial charge in [-0.25, -0.2) is 4.98 Å². The third-order valence-corrected chi connectivity index (χ3v) is 2.08. The normalized spacial score (nSPS) is 10.5. The molecule has 1 heterocycles. The Balaban J connectivity index is 2.62. The lowest BCUT2D eigenvalue weighted by Gasteiger charge is -2.01. The first-order chi connectivity index (χ1) is 5.24. The summed E-state index contributed by atoms with van der Waals surface area (Å²) in [6.45, 7) is 5.31. The molecule has 1 aromatic rings. The first-order valence-corrected chi connectivity index (χ1v) is 4.72. The summed E-state index contributed by atoms with van der Waals surface area (Å²) in [6, 6.07) is 0. The van der Waals surface area contributed by atoms with Crippen LogP contribution < -0.4 is 0 Å². The van der Waals surface area contributed by atoms with Crippen LogP contribution in [0.4, 0.5) is 0 Å². The Morgan fingerprint density at radius 1 is 1.64 bits per heavy atom. The fraction of sp³-hybridized carbons (Fsp3) is 0.625. The van der Waals surface area contributed by atoms with E-state index in [0.717, 1.165) is 17.0 Å². The number of unbranched alkanes of at least 4 members (excludes halogenated alkanes) is 1. The van der Waals surface area contributed by atoms with Gasteiger partial charge in [0.05, 0.1) is 0 Å². The SMILES string of the molecule is CCCCn1cc(Br)nc1C. The van der Waals surface area contributed by atoms with Crippen molar-refractivity contribution in [1.29, 1.82) is 0 Å². The third-order valence-electron chi connectivity index (χ3n) is 1.70. The van der Waals surface area contributed by atoms with Crippen LogP contribution >= 0.6 is 15.9 Å². The van der Waals surface area contributed by atoms with Crippen molar-refractivity contribution in [3.63, 3.8) is 0 Å². The lowest BCUT2D eigenvalue weighted by molar-refractivity contribution is 0.616. The zero-order valence-corrected chi connectivity index (χ0v) is 8.56. The second kappa shape index (κ2) is 3.90. The van der Waals surface area contributed by atoms with E-state index in [9.17, 15) is 0 Å². The fourth-order valence-corrected chi connectivity index (χ4v) is 1.53. The monoisotopic (exact) mass is 216 g/mol. The van der Waals surface area contributed by atoms with Gasteiger partial charge in [0, 0.05) is 12.7 Å². The maximum Gasteiger partial charge on any atom is 0.124 e. The van der Waals surface area contributed by atoms with Crippen LogP contribution in [0.2, 0.25) is 0 Å². The van der Waals surface area contributed by atoms with Crippen molar-refractivity contribution in [2.24, 2.45) is 0 Å². The van der Waals surface area contributed by atoms with Gasteiger partial charge >= 0.3 is 0 Å². The summed E-state index contributed by atoms with van der Waals surface area (Å²) in [7, 11) is 0. The molecule has 0 N–H and O–H groups in total. The van der Waals surface area contributed by atoms with Crippen LogP contribution in [0.25, 0.3) is 0 Å². The Morgan fingerprint density at radius 2 is 2.36 bits per heavy atom. The van der Waals surface area contributed by atoms with E-state index in [1.807, 2.05) is 13.1 Å². The Labute approximate surface area is 75.8 Å². The number of aromatic nitrogens is 2. The molecule has 0 saturated heterocycles. The molecule has 62 valence electrons. The van der Waals surface area contributed by atoms with Gasteiger partial charge in [0.2, 0.25) is 0 Å². The minimum Gasteiger partial charge on any atom is -0.334 e. The highest BCUT2D eigenvalue weighted by atomic mass is 79.9. The first kappa shape index (κ1) is 8.78. The molecule has 0 amide bonds. The molecule has 0 atom stereocenters. The lowest BCUT2D eigenvalue weighted by atomic mass is 10.3. The average Bonchev–Trinajstić information content (AvgIpc) is 2.26. The Hall–Kier alpha value is -0.310. The highest BCUT2D eigenvalue weighted by Gasteiger charge is 1.99. The standard InChI is InChI=1S/C8H13BrN2/c1-3-4-5-11-6-8(9)10-7(11)2/h6H,3-5H2,1-2H3. The largest absolute Gasteiger partial charge is 0.334 e. The van der Waals surface area contributed by atoms with E-state index < -0.39 is 0 Å². The van der Waals surface area contributed by atoms with Crippen molar-refractivity contribution in [2.45, 2.75) is 33.2 Å². The van der Waals surface area contributed by atoms with Crippen LogP contribution in [0.5, 0.6) is 0 Å². The van der Waals surface area contributed by atoms with E-state index in [2.05, 4.69) is 32.4 Å². The smallest absolute Gasteiger partial charge is 0.124 e. The summed E-state index contributed by atoms with van der Waals surface area (Å²) in [6.07, 6.45) is 4.49. The molecule has 0 aromatic carbocycles.